The summed E-state index contributed by atoms with van der Waals surface area (Å²) in [6.07, 6.45) is 0.141. The lowest BCUT2D eigenvalue weighted by atomic mass is 9.99. The number of halogens is 2. The van der Waals surface area contributed by atoms with Crippen LogP contribution in [0.3, 0.4) is 0 Å². The van der Waals surface area contributed by atoms with E-state index in [9.17, 15) is 18.4 Å². The molecule has 0 saturated heterocycles. The Morgan fingerprint density at radius 3 is 2.39 bits per heavy atom. The topological polar surface area (TPSA) is 59.1 Å². The summed E-state index contributed by atoms with van der Waals surface area (Å²) in [7, 11) is 0. The highest BCUT2D eigenvalue weighted by Crippen LogP contribution is 2.39. The first kappa shape index (κ1) is 22.5. The molecule has 1 heterocycles. The first-order valence-electron chi connectivity index (χ1n) is 10.2. The average Bonchev–Trinajstić information content (AvgIpc) is 2.73. The van der Waals surface area contributed by atoms with Gasteiger partial charge in [-0.3, -0.25) is 9.69 Å². The Bertz CT molecular complexity index is 980. The third kappa shape index (κ3) is 4.62. The average molecular weight is 432 g/mol. The van der Waals surface area contributed by atoms with Crippen molar-refractivity contribution in [3.8, 4) is 5.75 Å². The van der Waals surface area contributed by atoms with Gasteiger partial charge in [-0.25, -0.2) is 4.79 Å². The molecule has 1 unspecified atom stereocenters. The van der Waals surface area contributed by atoms with Crippen molar-refractivity contribution in [2.24, 2.45) is 0 Å². The number of fused-ring (bicyclic) bond motifs is 1. The van der Waals surface area contributed by atoms with Crippen LogP contribution < -0.4 is 14.5 Å². The molecule has 0 fully saturated rings. The van der Waals surface area contributed by atoms with E-state index < -0.39 is 12.7 Å². The number of nitrogens with zero attached hydrogens (tertiary/aromatic N) is 2. The van der Waals surface area contributed by atoms with Crippen molar-refractivity contribution in [2.75, 3.05) is 23.0 Å². The molecule has 0 aliphatic carbocycles. The molecule has 2 amide bonds. The molecule has 0 spiro atoms. The van der Waals surface area contributed by atoms with Crippen LogP contribution in [0.5, 0.6) is 5.75 Å². The normalized spacial score (nSPS) is 15.6. The van der Waals surface area contributed by atoms with Gasteiger partial charge in [0.2, 0.25) is 0 Å². The van der Waals surface area contributed by atoms with Crippen molar-refractivity contribution in [1.82, 2.24) is 0 Å². The second-order valence-corrected chi connectivity index (χ2v) is 7.38. The summed E-state index contributed by atoms with van der Waals surface area (Å²) in [5, 5.41) is 0. The fourth-order valence-corrected chi connectivity index (χ4v) is 3.69. The second-order valence-electron chi connectivity index (χ2n) is 7.38. The molecule has 3 rings (SSSR count). The fraction of sp³-hybridized carbons (Fsp3) is 0.391. The lowest BCUT2D eigenvalue weighted by Crippen LogP contribution is -2.53. The van der Waals surface area contributed by atoms with E-state index in [-0.39, 0.29) is 36.4 Å². The summed E-state index contributed by atoms with van der Waals surface area (Å²) in [5.41, 5.74) is 3.33. The molecule has 0 bridgehead atoms. The number of aryl methyl sites for hydroxylation is 2. The number of hydrogen-bond acceptors (Lipinski definition) is 4. The monoisotopic (exact) mass is 432 g/mol. The van der Waals surface area contributed by atoms with Crippen LogP contribution in [0.4, 0.5) is 25.0 Å². The Hall–Kier alpha value is -3.16. The van der Waals surface area contributed by atoms with Gasteiger partial charge in [0.05, 0.1) is 24.0 Å². The van der Waals surface area contributed by atoms with E-state index in [4.69, 9.17) is 4.74 Å². The van der Waals surface area contributed by atoms with Gasteiger partial charge in [0.15, 0.2) is 0 Å². The van der Waals surface area contributed by atoms with Crippen LogP contribution in [0.15, 0.2) is 36.4 Å². The number of amides is 2. The molecule has 0 N–H and O–H groups in total. The van der Waals surface area contributed by atoms with E-state index in [0.717, 1.165) is 11.1 Å². The third-order valence-corrected chi connectivity index (χ3v) is 5.39. The van der Waals surface area contributed by atoms with E-state index in [1.165, 1.54) is 18.2 Å². The summed E-state index contributed by atoms with van der Waals surface area (Å²) in [6, 6.07) is 9.17. The Balaban J connectivity index is 2.07. The molecule has 0 aromatic heterocycles. The first-order valence-corrected chi connectivity index (χ1v) is 10.2. The number of rotatable bonds is 5. The van der Waals surface area contributed by atoms with Crippen LogP contribution in [0.1, 0.15) is 41.8 Å². The minimum Gasteiger partial charge on any atom is -0.449 e. The number of benzene rings is 2. The first-order chi connectivity index (χ1) is 14.8. The molecule has 2 aromatic carbocycles. The molecule has 0 saturated carbocycles. The van der Waals surface area contributed by atoms with Gasteiger partial charge in [0.1, 0.15) is 5.75 Å². The van der Waals surface area contributed by atoms with Crippen molar-refractivity contribution in [3.05, 3.63) is 53.1 Å². The van der Waals surface area contributed by atoms with Gasteiger partial charge in [-0.2, -0.15) is 8.78 Å². The molecule has 1 aliphatic rings. The molecule has 6 nitrogen and oxygen atoms in total. The van der Waals surface area contributed by atoms with Crippen molar-refractivity contribution in [2.45, 2.75) is 46.8 Å². The zero-order valence-corrected chi connectivity index (χ0v) is 18.0. The maximum Gasteiger partial charge on any atom is 0.414 e. The molecule has 2 aromatic rings. The van der Waals surface area contributed by atoms with Crippen LogP contribution >= 0.6 is 0 Å². The zero-order chi connectivity index (χ0) is 22.7. The standard InChI is InChI=1S/C23H26F2N2O4/c1-5-17-13-26(21(28)16-8-7-9-18(12-16)31-22(24)25)19-10-14(3)15(4)11-20(19)27(17)23(29)30-6-2/h7-12,17,22H,5-6,13H2,1-4H3. The van der Waals surface area contributed by atoms with Gasteiger partial charge in [0.25, 0.3) is 5.91 Å². The Morgan fingerprint density at radius 2 is 1.77 bits per heavy atom. The minimum absolute atomic E-state index is 0.0849. The van der Waals surface area contributed by atoms with Crippen LogP contribution in [-0.4, -0.2) is 37.8 Å². The summed E-state index contributed by atoms with van der Waals surface area (Å²) in [4.78, 5) is 29.3. The van der Waals surface area contributed by atoms with Crippen molar-refractivity contribution >= 4 is 23.4 Å². The maximum absolute atomic E-state index is 13.4. The van der Waals surface area contributed by atoms with Gasteiger partial charge in [-0.05, 0) is 68.7 Å². The zero-order valence-electron chi connectivity index (χ0n) is 18.0. The van der Waals surface area contributed by atoms with E-state index in [2.05, 4.69) is 4.74 Å². The number of hydrogen-bond donors (Lipinski definition) is 0. The van der Waals surface area contributed by atoms with Gasteiger partial charge in [-0.1, -0.05) is 13.0 Å². The summed E-state index contributed by atoms with van der Waals surface area (Å²) in [6.45, 7) is 5.06. The Labute approximate surface area is 180 Å². The van der Waals surface area contributed by atoms with Crippen molar-refractivity contribution in [3.63, 3.8) is 0 Å². The molecule has 8 heteroatoms. The maximum atomic E-state index is 13.4. The number of anilines is 2. The number of alkyl halides is 2. The van der Waals surface area contributed by atoms with Crippen LogP contribution in [0.2, 0.25) is 0 Å². The lowest BCUT2D eigenvalue weighted by molar-refractivity contribution is -0.0498. The van der Waals surface area contributed by atoms with Crippen LogP contribution in [-0.2, 0) is 4.74 Å². The van der Waals surface area contributed by atoms with E-state index in [1.807, 2.05) is 32.9 Å². The summed E-state index contributed by atoms with van der Waals surface area (Å²) < 4.78 is 34.9. The molecular weight excluding hydrogens is 406 g/mol. The molecule has 31 heavy (non-hydrogen) atoms. The predicted molar refractivity (Wildman–Crippen MR) is 114 cm³/mol. The minimum atomic E-state index is -2.98. The third-order valence-electron chi connectivity index (χ3n) is 5.39. The second kappa shape index (κ2) is 9.32. The number of ether oxygens (including phenoxy) is 2. The van der Waals surface area contributed by atoms with Gasteiger partial charge >= 0.3 is 12.7 Å². The summed E-state index contributed by atoms with van der Waals surface area (Å²) >= 11 is 0. The van der Waals surface area contributed by atoms with E-state index in [1.54, 1.807) is 22.8 Å². The molecule has 166 valence electrons. The Morgan fingerprint density at radius 1 is 1.10 bits per heavy atom. The molecular formula is C23H26F2N2O4. The predicted octanol–water partition coefficient (Wildman–Crippen LogP) is 5.31. The highest BCUT2D eigenvalue weighted by Gasteiger charge is 2.37. The highest BCUT2D eigenvalue weighted by molar-refractivity contribution is 6.10. The van der Waals surface area contributed by atoms with E-state index in [0.29, 0.717) is 17.8 Å². The molecule has 1 aliphatic heterocycles. The number of carbonyl (C=O) groups excluding carboxylic acids is 2. The quantitative estimate of drug-likeness (QED) is 0.643. The van der Waals surface area contributed by atoms with Gasteiger partial charge < -0.3 is 14.4 Å². The van der Waals surface area contributed by atoms with Gasteiger partial charge in [0, 0.05) is 12.1 Å². The summed E-state index contributed by atoms with van der Waals surface area (Å²) in [5.74, 6) is -0.440. The highest BCUT2D eigenvalue weighted by atomic mass is 19.3. The van der Waals surface area contributed by atoms with Crippen LogP contribution in [0, 0.1) is 13.8 Å². The smallest absolute Gasteiger partial charge is 0.414 e. The Kier molecular flexibility index (Phi) is 6.77. The largest absolute Gasteiger partial charge is 0.449 e. The molecule has 0 radical (unpaired) electrons. The van der Waals surface area contributed by atoms with E-state index >= 15 is 0 Å². The van der Waals surface area contributed by atoms with Crippen molar-refractivity contribution < 1.29 is 27.8 Å². The fourth-order valence-electron chi connectivity index (χ4n) is 3.69. The van der Waals surface area contributed by atoms with Crippen molar-refractivity contribution in [1.29, 1.82) is 0 Å². The van der Waals surface area contributed by atoms with Gasteiger partial charge in [-0.15, -0.1) is 0 Å². The SMILES string of the molecule is CCOC(=O)N1c2cc(C)c(C)cc2N(C(=O)c2cccc(OC(F)F)c2)CC1CC. The number of carbonyl (C=O) groups is 2. The molecule has 1 atom stereocenters. The lowest BCUT2D eigenvalue weighted by Gasteiger charge is -2.42. The van der Waals surface area contributed by atoms with Crippen LogP contribution in [0.25, 0.3) is 0 Å².